The molecule has 0 radical (unpaired) electrons. The summed E-state index contributed by atoms with van der Waals surface area (Å²) in [7, 11) is 1.57. The average molecular weight is 516 g/mol. The van der Waals surface area contributed by atoms with E-state index in [0.29, 0.717) is 50.6 Å². The van der Waals surface area contributed by atoms with E-state index in [0.717, 1.165) is 29.9 Å². The van der Waals surface area contributed by atoms with Gasteiger partial charge in [0.15, 0.2) is 5.82 Å². The molecule has 38 heavy (non-hydrogen) atoms. The number of ether oxygens (including phenoxy) is 2. The molecular weight excluding hydrogens is 482 g/mol. The Bertz CT molecular complexity index is 1220. The lowest BCUT2D eigenvalue weighted by atomic mass is 10.1. The zero-order valence-electron chi connectivity index (χ0n) is 21.7. The molecular formula is C29H33N5O4. The SMILES string of the molecule is COc1cccc(C(=O)N(CC(=O)N2CCN(c3ccc(-c4ccccc4)nn3)CC2)CC2CCCO2)c1. The van der Waals surface area contributed by atoms with E-state index < -0.39 is 0 Å². The van der Waals surface area contributed by atoms with Crippen molar-refractivity contribution in [1.82, 2.24) is 20.0 Å². The number of aromatic nitrogens is 2. The Morgan fingerprint density at radius 2 is 1.82 bits per heavy atom. The Balaban J connectivity index is 1.20. The van der Waals surface area contributed by atoms with E-state index in [2.05, 4.69) is 15.1 Å². The van der Waals surface area contributed by atoms with Crippen molar-refractivity contribution < 1.29 is 19.1 Å². The Labute approximate surface area is 223 Å². The molecule has 2 aliphatic rings. The van der Waals surface area contributed by atoms with Crippen LogP contribution in [0.15, 0.2) is 66.7 Å². The maximum Gasteiger partial charge on any atom is 0.254 e. The summed E-state index contributed by atoms with van der Waals surface area (Å²) in [4.78, 5) is 32.3. The number of benzene rings is 2. The third-order valence-corrected chi connectivity index (χ3v) is 7.05. The Morgan fingerprint density at radius 1 is 1.00 bits per heavy atom. The number of carbonyl (C=O) groups excluding carboxylic acids is 2. The average Bonchev–Trinajstić information content (AvgIpc) is 3.50. The monoisotopic (exact) mass is 515 g/mol. The standard InChI is InChI=1S/C29H33N5O4/c1-37-24-10-5-9-23(19-24)29(36)34(20-25-11-6-18-38-25)21-28(35)33-16-14-32(15-17-33)27-13-12-26(30-31-27)22-7-3-2-4-8-22/h2-5,7-10,12-13,19,25H,6,11,14-18,20-21H2,1H3. The maximum absolute atomic E-state index is 13.4. The van der Waals surface area contributed by atoms with Crippen LogP contribution in [0.1, 0.15) is 23.2 Å². The van der Waals surface area contributed by atoms with E-state index in [4.69, 9.17) is 9.47 Å². The predicted octanol–water partition coefficient (Wildman–Crippen LogP) is 3.12. The Morgan fingerprint density at radius 3 is 2.50 bits per heavy atom. The van der Waals surface area contributed by atoms with Gasteiger partial charge in [-0.1, -0.05) is 36.4 Å². The minimum absolute atomic E-state index is 0.0154. The number of amides is 2. The van der Waals surface area contributed by atoms with Crippen LogP contribution in [0.4, 0.5) is 5.82 Å². The first-order chi connectivity index (χ1) is 18.6. The van der Waals surface area contributed by atoms with Crippen LogP contribution in [-0.4, -0.2) is 90.9 Å². The van der Waals surface area contributed by atoms with Crippen LogP contribution in [0.3, 0.4) is 0 Å². The second-order valence-electron chi connectivity index (χ2n) is 9.56. The van der Waals surface area contributed by atoms with Crippen molar-refractivity contribution in [1.29, 1.82) is 0 Å². The molecule has 3 heterocycles. The largest absolute Gasteiger partial charge is 0.497 e. The van der Waals surface area contributed by atoms with Gasteiger partial charge >= 0.3 is 0 Å². The first-order valence-electron chi connectivity index (χ1n) is 13.1. The van der Waals surface area contributed by atoms with Crippen LogP contribution in [0.25, 0.3) is 11.3 Å². The third kappa shape index (κ3) is 6.11. The molecule has 2 aromatic carbocycles. The first kappa shape index (κ1) is 25.7. The molecule has 2 saturated heterocycles. The van der Waals surface area contributed by atoms with Crippen LogP contribution in [0.5, 0.6) is 5.75 Å². The zero-order valence-corrected chi connectivity index (χ0v) is 21.7. The van der Waals surface area contributed by atoms with Crippen molar-refractivity contribution in [2.24, 2.45) is 0 Å². The van der Waals surface area contributed by atoms with E-state index in [1.807, 2.05) is 47.4 Å². The molecule has 0 aliphatic carbocycles. The third-order valence-electron chi connectivity index (χ3n) is 7.05. The van der Waals surface area contributed by atoms with Gasteiger partial charge in [-0.25, -0.2) is 0 Å². The summed E-state index contributed by atoms with van der Waals surface area (Å²) in [6, 6.07) is 20.9. The molecule has 1 unspecified atom stereocenters. The smallest absolute Gasteiger partial charge is 0.254 e. The van der Waals surface area contributed by atoms with Crippen molar-refractivity contribution in [2.75, 3.05) is 57.9 Å². The molecule has 2 fully saturated rings. The number of hydrogen-bond donors (Lipinski definition) is 0. The molecule has 2 amide bonds. The van der Waals surface area contributed by atoms with Crippen molar-refractivity contribution in [3.8, 4) is 17.0 Å². The van der Waals surface area contributed by atoms with Gasteiger partial charge < -0.3 is 24.2 Å². The zero-order chi connectivity index (χ0) is 26.3. The molecule has 1 atom stereocenters. The van der Waals surface area contributed by atoms with E-state index >= 15 is 0 Å². The predicted molar refractivity (Wildman–Crippen MR) is 144 cm³/mol. The quantitative estimate of drug-likeness (QED) is 0.456. The maximum atomic E-state index is 13.4. The molecule has 1 aromatic heterocycles. The molecule has 0 saturated carbocycles. The van der Waals surface area contributed by atoms with Gasteiger partial charge in [0.2, 0.25) is 5.91 Å². The number of methoxy groups -OCH3 is 1. The lowest BCUT2D eigenvalue weighted by Gasteiger charge is -2.36. The number of nitrogens with zero attached hydrogens (tertiary/aromatic N) is 5. The number of carbonyl (C=O) groups is 2. The fourth-order valence-electron chi connectivity index (χ4n) is 4.90. The van der Waals surface area contributed by atoms with Gasteiger partial charge in [-0.15, -0.1) is 10.2 Å². The highest BCUT2D eigenvalue weighted by atomic mass is 16.5. The summed E-state index contributed by atoms with van der Waals surface area (Å²) in [5, 5.41) is 8.81. The van der Waals surface area contributed by atoms with Gasteiger partial charge in [0, 0.05) is 50.5 Å². The Hall–Kier alpha value is -3.98. The van der Waals surface area contributed by atoms with Crippen LogP contribution < -0.4 is 9.64 Å². The molecule has 3 aromatic rings. The fraction of sp³-hybridized carbons (Fsp3) is 0.379. The van der Waals surface area contributed by atoms with Gasteiger partial charge in [0.25, 0.3) is 5.91 Å². The molecule has 9 heteroatoms. The van der Waals surface area contributed by atoms with Crippen molar-refractivity contribution in [3.05, 3.63) is 72.3 Å². The molecule has 9 nitrogen and oxygen atoms in total. The summed E-state index contributed by atoms with van der Waals surface area (Å²) in [5.41, 5.74) is 2.35. The highest BCUT2D eigenvalue weighted by Gasteiger charge is 2.29. The summed E-state index contributed by atoms with van der Waals surface area (Å²) in [6.45, 7) is 3.52. The van der Waals surface area contributed by atoms with Crippen LogP contribution in [0, 0.1) is 0 Å². The number of anilines is 1. The van der Waals surface area contributed by atoms with Crippen molar-refractivity contribution in [3.63, 3.8) is 0 Å². The van der Waals surface area contributed by atoms with E-state index in [-0.39, 0.29) is 24.5 Å². The summed E-state index contributed by atoms with van der Waals surface area (Å²) in [5.74, 6) is 1.14. The number of hydrogen-bond acceptors (Lipinski definition) is 7. The second kappa shape index (κ2) is 12.0. The lowest BCUT2D eigenvalue weighted by Crippen LogP contribution is -2.52. The first-order valence-corrected chi connectivity index (χ1v) is 13.1. The van der Waals surface area contributed by atoms with Gasteiger partial charge in [-0.05, 0) is 43.2 Å². The van der Waals surface area contributed by atoms with Crippen LogP contribution in [-0.2, 0) is 9.53 Å². The van der Waals surface area contributed by atoms with E-state index in [9.17, 15) is 9.59 Å². The molecule has 2 aliphatic heterocycles. The van der Waals surface area contributed by atoms with Crippen LogP contribution in [0.2, 0.25) is 0 Å². The highest BCUT2D eigenvalue weighted by molar-refractivity contribution is 5.97. The Kier molecular flexibility index (Phi) is 8.13. The summed E-state index contributed by atoms with van der Waals surface area (Å²) < 4.78 is 11.1. The van der Waals surface area contributed by atoms with Crippen molar-refractivity contribution in [2.45, 2.75) is 18.9 Å². The molecule has 0 spiro atoms. The highest BCUT2D eigenvalue weighted by Crippen LogP contribution is 2.21. The molecule has 0 bridgehead atoms. The topological polar surface area (TPSA) is 88.1 Å². The normalized spacial score (nSPS) is 17.3. The minimum atomic E-state index is -0.194. The molecule has 198 valence electrons. The number of piperazine rings is 1. The molecule has 5 rings (SSSR count). The molecule has 0 N–H and O–H groups in total. The van der Waals surface area contributed by atoms with Gasteiger partial charge in [0.1, 0.15) is 12.3 Å². The van der Waals surface area contributed by atoms with E-state index in [1.165, 1.54) is 0 Å². The second-order valence-corrected chi connectivity index (χ2v) is 9.56. The van der Waals surface area contributed by atoms with Gasteiger partial charge in [0.05, 0.1) is 18.9 Å². The van der Waals surface area contributed by atoms with E-state index in [1.54, 1.807) is 36.3 Å². The summed E-state index contributed by atoms with van der Waals surface area (Å²) >= 11 is 0. The number of rotatable bonds is 8. The summed E-state index contributed by atoms with van der Waals surface area (Å²) in [6.07, 6.45) is 1.81. The lowest BCUT2D eigenvalue weighted by molar-refractivity contribution is -0.132. The van der Waals surface area contributed by atoms with Gasteiger partial charge in [-0.3, -0.25) is 9.59 Å². The minimum Gasteiger partial charge on any atom is -0.497 e. The fourth-order valence-corrected chi connectivity index (χ4v) is 4.90. The van der Waals surface area contributed by atoms with Gasteiger partial charge in [-0.2, -0.15) is 0 Å². The van der Waals surface area contributed by atoms with Crippen LogP contribution >= 0.6 is 0 Å². The van der Waals surface area contributed by atoms with Crippen molar-refractivity contribution >= 4 is 17.6 Å².